The number of benzene rings is 2. The smallest absolute Gasteiger partial charge is 0.248 e. The maximum Gasteiger partial charge on any atom is 0.248 e. The minimum atomic E-state index is -3.85. The van der Waals surface area contributed by atoms with E-state index in [0.29, 0.717) is 30.0 Å². The summed E-state index contributed by atoms with van der Waals surface area (Å²) in [6, 6.07) is 15.3. The number of fused-ring (bicyclic) bond motifs is 1. The van der Waals surface area contributed by atoms with E-state index in [9.17, 15) is 13.2 Å². The number of likely N-dealkylation sites (N-methyl/N-ethyl adjacent to an activating group) is 1. The predicted molar refractivity (Wildman–Crippen MR) is 174 cm³/mol. The lowest BCUT2D eigenvalue weighted by atomic mass is 10.1. The Labute approximate surface area is 266 Å². The lowest BCUT2D eigenvalue weighted by Gasteiger charge is -2.31. The molecule has 0 bridgehead atoms. The summed E-state index contributed by atoms with van der Waals surface area (Å²) in [6.45, 7) is 10.6. The highest BCUT2D eigenvalue weighted by atomic mass is 32.2. The molecular formula is C33H44N4O5S2. The van der Waals surface area contributed by atoms with Crippen molar-refractivity contribution in [3.05, 3.63) is 80.5 Å². The second-order valence-electron chi connectivity index (χ2n) is 11.8. The number of aryl methyl sites for hydroxylation is 2. The van der Waals surface area contributed by atoms with Crippen molar-refractivity contribution in [3.8, 4) is 5.75 Å². The lowest BCUT2D eigenvalue weighted by molar-refractivity contribution is -0.137. The number of methoxy groups -OCH3 is 1. The van der Waals surface area contributed by atoms with E-state index in [4.69, 9.17) is 9.47 Å². The maximum absolute atomic E-state index is 14.0. The Morgan fingerprint density at radius 2 is 1.70 bits per heavy atom. The Morgan fingerprint density at radius 3 is 2.39 bits per heavy atom. The van der Waals surface area contributed by atoms with Crippen LogP contribution in [-0.2, 0) is 45.6 Å². The van der Waals surface area contributed by atoms with Crippen LogP contribution in [0, 0.1) is 13.8 Å². The van der Waals surface area contributed by atoms with Gasteiger partial charge in [-0.2, -0.15) is 4.31 Å². The maximum atomic E-state index is 14.0. The first-order valence-corrected chi connectivity index (χ1v) is 17.5. The molecule has 44 heavy (non-hydrogen) atoms. The van der Waals surface area contributed by atoms with Crippen LogP contribution in [0.15, 0.2) is 53.4 Å². The van der Waals surface area contributed by atoms with Crippen molar-refractivity contribution in [2.45, 2.75) is 44.8 Å². The van der Waals surface area contributed by atoms with Crippen LogP contribution >= 0.6 is 11.3 Å². The van der Waals surface area contributed by atoms with Gasteiger partial charge in [0.1, 0.15) is 12.4 Å². The van der Waals surface area contributed by atoms with Gasteiger partial charge in [0.2, 0.25) is 15.9 Å². The van der Waals surface area contributed by atoms with Crippen LogP contribution in [0.3, 0.4) is 0 Å². The number of amides is 1. The third-order valence-corrected chi connectivity index (χ3v) is 11.8. The molecule has 5 rings (SSSR count). The summed E-state index contributed by atoms with van der Waals surface area (Å²) in [5.74, 6) is 0.552. The van der Waals surface area contributed by atoms with Gasteiger partial charge >= 0.3 is 0 Å². The predicted octanol–water partition coefficient (Wildman–Crippen LogP) is 3.91. The average Bonchev–Trinajstić information content (AvgIpc) is 3.41. The minimum absolute atomic E-state index is 0.0678. The van der Waals surface area contributed by atoms with Gasteiger partial charge in [-0.3, -0.25) is 9.69 Å². The molecule has 3 aromatic rings. The molecule has 0 N–H and O–H groups in total. The Kier molecular flexibility index (Phi) is 10.8. The molecule has 9 nitrogen and oxygen atoms in total. The van der Waals surface area contributed by atoms with E-state index >= 15 is 0 Å². The van der Waals surface area contributed by atoms with Gasteiger partial charge in [0, 0.05) is 68.7 Å². The van der Waals surface area contributed by atoms with Gasteiger partial charge in [-0.25, -0.2) is 8.42 Å². The molecule has 0 saturated carbocycles. The molecule has 1 aromatic heterocycles. The zero-order chi connectivity index (χ0) is 31.3. The van der Waals surface area contributed by atoms with Crippen molar-refractivity contribution < 1.29 is 22.7 Å². The van der Waals surface area contributed by atoms with Crippen molar-refractivity contribution in [2.24, 2.45) is 0 Å². The Bertz CT molecular complexity index is 1510. The fourth-order valence-electron chi connectivity index (χ4n) is 5.96. The summed E-state index contributed by atoms with van der Waals surface area (Å²) in [5.41, 5.74) is 3.37. The monoisotopic (exact) mass is 640 g/mol. The Balaban J connectivity index is 1.18. The number of carbonyl (C=O) groups excluding carboxylic acids is 1. The van der Waals surface area contributed by atoms with Crippen LogP contribution in [0.25, 0.3) is 0 Å². The van der Waals surface area contributed by atoms with Gasteiger partial charge in [0.05, 0.1) is 18.6 Å². The van der Waals surface area contributed by atoms with Crippen molar-refractivity contribution in [1.29, 1.82) is 0 Å². The molecule has 2 aromatic carbocycles. The van der Waals surface area contributed by atoms with Gasteiger partial charge in [-0.05, 0) is 67.8 Å². The second kappa shape index (κ2) is 14.5. The van der Waals surface area contributed by atoms with Crippen LogP contribution in [0.5, 0.6) is 5.75 Å². The van der Waals surface area contributed by atoms with Crippen LogP contribution in [-0.4, -0.2) is 100.0 Å². The number of piperazine rings is 1. The quantitative estimate of drug-likeness (QED) is 0.278. The molecule has 0 atom stereocenters. The highest BCUT2D eigenvalue weighted by Crippen LogP contribution is 2.30. The standard InChI is InChI=1S/C33H44N4O5S2/c1-25-18-29(41-4)19-26(2)33(25)44(39,40)37(21-27-8-6-5-7-9-27)16-17-42-24-32(38)36-11-10-31-28(22-36)20-30(43-31)23-35-14-12-34(3)13-15-35/h5-9,18-20H,10-17,21-24H2,1-4H3. The number of hydrogen-bond acceptors (Lipinski definition) is 8. The van der Waals surface area contributed by atoms with E-state index in [1.54, 1.807) is 33.1 Å². The first kappa shape index (κ1) is 32.6. The molecule has 1 amide bonds. The Hall–Kier alpha value is -2.80. The van der Waals surface area contributed by atoms with E-state index in [1.165, 1.54) is 19.6 Å². The van der Waals surface area contributed by atoms with Crippen molar-refractivity contribution in [2.75, 3.05) is 66.6 Å². The average molecular weight is 641 g/mol. The molecule has 0 radical (unpaired) electrons. The van der Waals surface area contributed by atoms with Crippen molar-refractivity contribution in [3.63, 3.8) is 0 Å². The summed E-state index contributed by atoms with van der Waals surface area (Å²) in [5, 5.41) is 0. The van der Waals surface area contributed by atoms with Gasteiger partial charge in [-0.1, -0.05) is 30.3 Å². The minimum Gasteiger partial charge on any atom is -0.497 e. The summed E-state index contributed by atoms with van der Waals surface area (Å²) in [7, 11) is -0.116. The number of nitrogens with zero attached hydrogens (tertiary/aromatic N) is 4. The molecule has 0 aliphatic carbocycles. The molecule has 0 spiro atoms. The summed E-state index contributed by atoms with van der Waals surface area (Å²) in [4.78, 5) is 22.9. The van der Waals surface area contributed by atoms with E-state index in [2.05, 4.69) is 22.9 Å². The fourth-order valence-corrected chi connectivity index (χ4v) is 9.00. The highest BCUT2D eigenvalue weighted by molar-refractivity contribution is 7.89. The topological polar surface area (TPSA) is 82.6 Å². The number of hydrogen-bond donors (Lipinski definition) is 0. The van der Waals surface area contributed by atoms with E-state index in [1.807, 2.05) is 46.6 Å². The van der Waals surface area contributed by atoms with Crippen LogP contribution < -0.4 is 4.74 Å². The van der Waals surface area contributed by atoms with Gasteiger partial charge in [-0.15, -0.1) is 11.3 Å². The molecule has 1 saturated heterocycles. The molecule has 1 fully saturated rings. The summed E-state index contributed by atoms with van der Waals surface area (Å²) < 4.78 is 40.5. The van der Waals surface area contributed by atoms with Crippen LogP contribution in [0.4, 0.5) is 0 Å². The largest absolute Gasteiger partial charge is 0.497 e. The number of sulfonamides is 1. The molecule has 0 unspecified atom stereocenters. The van der Waals surface area contributed by atoms with Crippen molar-refractivity contribution >= 4 is 27.3 Å². The first-order valence-electron chi connectivity index (χ1n) is 15.2. The van der Waals surface area contributed by atoms with E-state index < -0.39 is 10.0 Å². The number of thiophene rings is 1. The van der Waals surface area contributed by atoms with E-state index in [-0.39, 0.29) is 37.1 Å². The number of rotatable bonds is 12. The third-order valence-electron chi connectivity index (χ3n) is 8.43. The molecule has 3 heterocycles. The van der Waals surface area contributed by atoms with E-state index in [0.717, 1.165) is 44.7 Å². The molecule has 2 aliphatic heterocycles. The number of carbonyl (C=O) groups is 1. The SMILES string of the molecule is COc1cc(C)c(S(=O)(=O)N(CCOCC(=O)N2CCc3sc(CN4CCN(C)CC4)cc3C2)Cc2ccccc2)c(C)c1. The van der Waals surface area contributed by atoms with Gasteiger partial charge < -0.3 is 19.3 Å². The summed E-state index contributed by atoms with van der Waals surface area (Å²) in [6.07, 6.45) is 0.859. The zero-order valence-corrected chi connectivity index (χ0v) is 27.9. The van der Waals surface area contributed by atoms with Gasteiger partial charge in [0.15, 0.2) is 0 Å². The van der Waals surface area contributed by atoms with Crippen molar-refractivity contribution in [1.82, 2.24) is 19.0 Å². The first-order chi connectivity index (χ1) is 21.1. The molecule has 11 heteroatoms. The van der Waals surface area contributed by atoms with Crippen LogP contribution in [0.2, 0.25) is 0 Å². The number of ether oxygens (including phenoxy) is 2. The Morgan fingerprint density at radius 1 is 1.00 bits per heavy atom. The molecular weight excluding hydrogens is 597 g/mol. The third kappa shape index (κ3) is 7.88. The fraction of sp³-hybridized carbons (Fsp3) is 0.485. The van der Waals surface area contributed by atoms with Crippen LogP contribution in [0.1, 0.15) is 32.0 Å². The summed E-state index contributed by atoms with van der Waals surface area (Å²) >= 11 is 1.88. The zero-order valence-electron chi connectivity index (χ0n) is 26.3. The molecule has 238 valence electrons. The molecule has 2 aliphatic rings. The normalized spacial score (nSPS) is 16.3. The second-order valence-corrected chi connectivity index (χ2v) is 14.9. The highest BCUT2D eigenvalue weighted by Gasteiger charge is 2.29. The lowest BCUT2D eigenvalue weighted by Crippen LogP contribution is -2.43. The van der Waals surface area contributed by atoms with Gasteiger partial charge in [0.25, 0.3) is 0 Å².